The molecule has 4 rings (SSSR count). The molecule has 3 aromatic rings. The van der Waals surface area contributed by atoms with Crippen LogP contribution in [0.3, 0.4) is 0 Å². The van der Waals surface area contributed by atoms with Crippen LogP contribution >= 0.6 is 0 Å². The summed E-state index contributed by atoms with van der Waals surface area (Å²) in [5.41, 5.74) is 2.69. The SMILES string of the molecule is CCc1c(C)nc2ncnn2c1N1CCC[C@@H](C(=O)Nc2cc(OC)ccc2OC)C1. The van der Waals surface area contributed by atoms with E-state index in [1.807, 2.05) is 6.92 Å². The van der Waals surface area contributed by atoms with Crippen molar-refractivity contribution in [2.45, 2.75) is 33.1 Å². The molecule has 1 fully saturated rings. The number of aryl methyl sites for hydroxylation is 1. The maximum absolute atomic E-state index is 13.2. The highest BCUT2D eigenvalue weighted by molar-refractivity contribution is 5.94. The lowest BCUT2D eigenvalue weighted by atomic mass is 9.96. The molecule has 0 saturated carbocycles. The molecule has 9 nitrogen and oxygen atoms in total. The Bertz CT molecular complexity index is 1100. The molecule has 0 bridgehead atoms. The zero-order valence-corrected chi connectivity index (χ0v) is 18.4. The van der Waals surface area contributed by atoms with Gasteiger partial charge in [-0.15, -0.1) is 0 Å². The average Bonchev–Trinajstić information content (AvgIpc) is 3.25. The van der Waals surface area contributed by atoms with Gasteiger partial charge in [0.2, 0.25) is 5.91 Å². The van der Waals surface area contributed by atoms with E-state index in [0.717, 1.165) is 42.9 Å². The lowest BCUT2D eigenvalue weighted by Crippen LogP contribution is -2.42. The van der Waals surface area contributed by atoms with E-state index in [0.29, 0.717) is 29.5 Å². The van der Waals surface area contributed by atoms with Crippen molar-refractivity contribution in [1.82, 2.24) is 19.6 Å². The molecule has 9 heteroatoms. The van der Waals surface area contributed by atoms with E-state index in [1.54, 1.807) is 36.9 Å². The summed E-state index contributed by atoms with van der Waals surface area (Å²) in [5, 5.41) is 7.43. The molecule has 0 radical (unpaired) electrons. The first-order valence-corrected chi connectivity index (χ1v) is 10.5. The lowest BCUT2D eigenvalue weighted by Gasteiger charge is -2.35. The Kier molecular flexibility index (Phi) is 5.92. The highest BCUT2D eigenvalue weighted by Crippen LogP contribution is 2.32. The van der Waals surface area contributed by atoms with Crippen molar-refractivity contribution in [3.8, 4) is 11.5 Å². The number of carbonyl (C=O) groups excluding carboxylic acids is 1. The standard InChI is InChI=1S/C22H28N6O3/c1-5-17-14(2)25-22-23-13-24-28(22)21(17)27-10-6-7-15(12-27)20(29)26-18-11-16(30-3)8-9-19(18)31-4/h8-9,11,13,15H,5-7,10,12H2,1-4H3,(H,26,29)/t15-/m1/s1. The number of hydrogen-bond donors (Lipinski definition) is 1. The topological polar surface area (TPSA) is 93.9 Å². The Morgan fingerprint density at radius 1 is 1.29 bits per heavy atom. The minimum Gasteiger partial charge on any atom is -0.497 e. The van der Waals surface area contributed by atoms with Crippen LogP contribution in [0.15, 0.2) is 24.5 Å². The summed E-state index contributed by atoms with van der Waals surface area (Å²) in [6.45, 7) is 5.57. The van der Waals surface area contributed by atoms with Crippen molar-refractivity contribution < 1.29 is 14.3 Å². The first-order chi connectivity index (χ1) is 15.0. The van der Waals surface area contributed by atoms with Crippen LogP contribution < -0.4 is 19.7 Å². The Labute approximate surface area is 181 Å². The van der Waals surface area contributed by atoms with Gasteiger partial charge in [-0.1, -0.05) is 6.92 Å². The van der Waals surface area contributed by atoms with Gasteiger partial charge in [0.05, 0.1) is 25.8 Å². The largest absolute Gasteiger partial charge is 0.497 e. The highest BCUT2D eigenvalue weighted by Gasteiger charge is 2.29. The van der Waals surface area contributed by atoms with Crippen molar-refractivity contribution in [2.24, 2.45) is 5.92 Å². The summed E-state index contributed by atoms with van der Waals surface area (Å²) in [7, 11) is 3.18. The van der Waals surface area contributed by atoms with Crippen LogP contribution in [-0.4, -0.2) is 52.8 Å². The fraction of sp³-hybridized carbons (Fsp3) is 0.455. The van der Waals surface area contributed by atoms with Crippen molar-refractivity contribution in [2.75, 3.05) is 37.5 Å². The maximum atomic E-state index is 13.2. The second-order valence-corrected chi connectivity index (χ2v) is 7.67. The van der Waals surface area contributed by atoms with Gasteiger partial charge in [0.25, 0.3) is 5.78 Å². The van der Waals surface area contributed by atoms with Gasteiger partial charge in [-0.2, -0.15) is 14.6 Å². The monoisotopic (exact) mass is 424 g/mol. The van der Waals surface area contributed by atoms with Gasteiger partial charge >= 0.3 is 0 Å². The highest BCUT2D eigenvalue weighted by atomic mass is 16.5. The molecule has 164 valence electrons. The number of ether oxygens (including phenoxy) is 2. The maximum Gasteiger partial charge on any atom is 0.254 e. The van der Waals surface area contributed by atoms with Crippen molar-refractivity contribution >= 4 is 23.2 Å². The normalized spacial score (nSPS) is 16.4. The third-order valence-electron chi connectivity index (χ3n) is 5.81. The molecule has 1 amide bonds. The van der Waals surface area contributed by atoms with E-state index in [4.69, 9.17) is 9.47 Å². The summed E-state index contributed by atoms with van der Waals surface area (Å²) in [6, 6.07) is 5.37. The Balaban J connectivity index is 1.59. The number of nitrogens with zero attached hydrogens (tertiary/aromatic N) is 5. The summed E-state index contributed by atoms with van der Waals surface area (Å²) in [6.07, 6.45) is 4.08. The van der Waals surface area contributed by atoms with Crippen molar-refractivity contribution in [1.29, 1.82) is 0 Å². The summed E-state index contributed by atoms with van der Waals surface area (Å²) in [5.74, 6) is 2.63. The Morgan fingerprint density at radius 3 is 2.87 bits per heavy atom. The number of piperidine rings is 1. The van der Waals surface area contributed by atoms with Gasteiger partial charge in [0.15, 0.2) is 0 Å². The second-order valence-electron chi connectivity index (χ2n) is 7.67. The average molecular weight is 425 g/mol. The molecule has 1 aliphatic heterocycles. The smallest absolute Gasteiger partial charge is 0.254 e. The summed E-state index contributed by atoms with van der Waals surface area (Å²) < 4.78 is 12.5. The van der Waals surface area contributed by atoms with E-state index in [1.165, 1.54) is 6.33 Å². The number of benzene rings is 1. The van der Waals surface area contributed by atoms with E-state index in [9.17, 15) is 4.79 Å². The van der Waals surface area contributed by atoms with E-state index < -0.39 is 0 Å². The van der Waals surface area contributed by atoms with Crippen LogP contribution in [0.5, 0.6) is 11.5 Å². The second kappa shape index (κ2) is 8.79. The van der Waals surface area contributed by atoms with Crippen LogP contribution in [0, 0.1) is 12.8 Å². The number of hydrogen-bond acceptors (Lipinski definition) is 7. The fourth-order valence-corrected chi connectivity index (χ4v) is 4.24. The third-order valence-corrected chi connectivity index (χ3v) is 5.81. The van der Waals surface area contributed by atoms with Crippen LogP contribution in [0.4, 0.5) is 11.5 Å². The predicted molar refractivity (Wildman–Crippen MR) is 118 cm³/mol. The Morgan fingerprint density at radius 2 is 2.13 bits per heavy atom. The van der Waals surface area contributed by atoms with Crippen LogP contribution in [0.2, 0.25) is 0 Å². The van der Waals surface area contributed by atoms with Gasteiger partial charge in [-0.05, 0) is 38.3 Å². The third kappa shape index (κ3) is 3.99. The molecule has 0 spiro atoms. The zero-order chi connectivity index (χ0) is 22.0. The Hall–Kier alpha value is -3.36. The van der Waals surface area contributed by atoms with Crippen LogP contribution in [0.1, 0.15) is 31.0 Å². The fourth-order valence-electron chi connectivity index (χ4n) is 4.24. The van der Waals surface area contributed by atoms with Gasteiger partial charge in [0.1, 0.15) is 23.6 Å². The number of methoxy groups -OCH3 is 2. The first kappa shape index (κ1) is 20.9. The van der Waals surface area contributed by atoms with Gasteiger partial charge in [0, 0.05) is 30.4 Å². The number of anilines is 2. The number of carbonyl (C=O) groups is 1. The molecule has 0 aliphatic carbocycles. The van der Waals surface area contributed by atoms with Crippen LogP contribution in [-0.2, 0) is 11.2 Å². The molecular formula is C22H28N6O3. The minimum absolute atomic E-state index is 0.0325. The van der Waals surface area contributed by atoms with Gasteiger partial charge in [-0.3, -0.25) is 4.79 Å². The summed E-state index contributed by atoms with van der Waals surface area (Å²) >= 11 is 0. The molecule has 3 heterocycles. The van der Waals surface area contributed by atoms with Gasteiger partial charge in [-0.25, -0.2) is 4.98 Å². The molecule has 1 atom stereocenters. The zero-order valence-electron chi connectivity index (χ0n) is 18.4. The number of nitrogens with one attached hydrogen (secondary N) is 1. The summed E-state index contributed by atoms with van der Waals surface area (Å²) in [4.78, 5) is 24.2. The molecule has 31 heavy (non-hydrogen) atoms. The van der Waals surface area contributed by atoms with E-state index in [2.05, 4.69) is 32.2 Å². The molecular weight excluding hydrogens is 396 g/mol. The molecule has 1 aromatic carbocycles. The first-order valence-electron chi connectivity index (χ1n) is 10.5. The molecule has 2 aromatic heterocycles. The molecule has 1 aliphatic rings. The molecule has 1 saturated heterocycles. The molecule has 0 unspecified atom stereocenters. The number of amides is 1. The number of rotatable bonds is 6. The number of aromatic nitrogens is 4. The molecule has 1 N–H and O–H groups in total. The van der Waals surface area contributed by atoms with Gasteiger partial charge < -0.3 is 19.7 Å². The van der Waals surface area contributed by atoms with Crippen molar-refractivity contribution in [3.63, 3.8) is 0 Å². The minimum atomic E-state index is -0.165. The van der Waals surface area contributed by atoms with E-state index in [-0.39, 0.29) is 11.8 Å². The van der Waals surface area contributed by atoms with Crippen molar-refractivity contribution in [3.05, 3.63) is 35.8 Å². The van der Waals surface area contributed by atoms with E-state index >= 15 is 0 Å². The quantitative estimate of drug-likeness (QED) is 0.650. The van der Waals surface area contributed by atoms with Crippen LogP contribution in [0.25, 0.3) is 5.78 Å². The lowest BCUT2D eigenvalue weighted by molar-refractivity contribution is -0.120. The number of fused-ring (bicyclic) bond motifs is 1. The predicted octanol–water partition coefficient (Wildman–Crippen LogP) is 2.87.